The van der Waals surface area contributed by atoms with Gasteiger partial charge in [-0.3, -0.25) is 10.1 Å². The second kappa shape index (κ2) is 4.78. The molecule has 0 saturated heterocycles. The van der Waals surface area contributed by atoms with Crippen molar-refractivity contribution in [3.63, 3.8) is 0 Å². The summed E-state index contributed by atoms with van der Waals surface area (Å²) in [5.41, 5.74) is -1.53. The Hall–Kier alpha value is -2.09. The first-order chi connectivity index (χ1) is 9.21. The third-order valence-electron chi connectivity index (χ3n) is 2.60. The maximum absolute atomic E-state index is 12.7. The number of halogens is 4. The summed E-state index contributed by atoms with van der Waals surface area (Å²) in [4.78, 5) is 10.0. The number of nitro groups is 1. The molecule has 1 aromatic carbocycles. The van der Waals surface area contributed by atoms with Crippen molar-refractivity contribution < 1.29 is 18.1 Å². The normalized spacial score (nSPS) is 11.7. The number of aromatic nitrogens is 2. The summed E-state index contributed by atoms with van der Waals surface area (Å²) in [5.74, 6) is 0. The zero-order valence-corrected chi connectivity index (χ0v) is 10.7. The highest BCUT2D eigenvalue weighted by molar-refractivity contribution is 6.30. The van der Waals surface area contributed by atoms with E-state index in [0.29, 0.717) is 0 Å². The molecular weight excluding hydrogens is 299 g/mol. The first-order valence-corrected chi connectivity index (χ1v) is 5.66. The van der Waals surface area contributed by atoms with Crippen LogP contribution in [-0.4, -0.2) is 14.7 Å². The lowest BCUT2D eigenvalue weighted by Crippen LogP contribution is -2.08. The van der Waals surface area contributed by atoms with Crippen LogP contribution in [-0.2, 0) is 6.18 Å². The topological polar surface area (TPSA) is 61.0 Å². The zero-order valence-electron chi connectivity index (χ0n) is 9.98. The number of rotatable bonds is 2. The van der Waals surface area contributed by atoms with Crippen molar-refractivity contribution in [1.29, 1.82) is 0 Å². The van der Waals surface area contributed by atoms with E-state index >= 15 is 0 Å². The summed E-state index contributed by atoms with van der Waals surface area (Å²) in [5, 5.41) is 13.8. The van der Waals surface area contributed by atoms with Gasteiger partial charge in [0.1, 0.15) is 5.15 Å². The number of hydrogen-bond donors (Lipinski definition) is 0. The number of nitrogens with zero attached hydrogens (tertiary/aromatic N) is 3. The predicted molar refractivity (Wildman–Crippen MR) is 65.0 cm³/mol. The highest BCUT2D eigenvalue weighted by Gasteiger charge is 2.37. The van der Waals surface area contributed by atoms with Crippen molar-refractivity contribution in [1.82, 2.24) is 9.78 Å². The van der Waals surface area contributed by atoms with Gasteiger partial charge in [0.2, 0.25) is 0 Å². The van der Waals surface area contributed by atoms with E-state index < -0.39 is 16.8 Å². The molecule has 0 aliphatic carbocycles. The van der Waals surface area contributed by atoms with Gasteiger partial charge in [-0.05, 0) is 13.0 Å². The Kier molecular flexibility index (Phi) is 3.43. The first kappa shape index (κ1) is 14.3. The monoisotopic (exact) mass is 305 g/mol. The van der Waals surface area contributed by atoms with Gasteiger partial charge >= 0.3 is 6.18 Å². The third-order valence-corrected chi connectivity index (χ3v) is 3.05. The smallest absolute Gasteiger partial charge is 0.258 e. The highest BCUT2D eigenvalue weighted by atomic mass is 35.5. The molecule has 0 atom stereocenters. The summed E-state index contributed by atoms with van der Waals surface area (Å²) in [6, 6.07) is 5.04. The van der Waals surface area contributed by atoms with Gasteiger partial charge < -0.3 is 0 Å². The predicted octanol–water partition coefficient (Wildman–Crippen LogP) is 3.76. The van der Waals surface area contributed by atoms with Gasteiger partial charge in [0.05, 0.1) is 10.6 Å². The van der Waals surface area contributed by atoms with Crippen LogP contribution in [0.5, 0.6) is 0 Å². The molecule has 20 heavy (non-hydrogen) atoms. The van der Waals surface area contributed by atoms with Crippen molar-refractivity contribution in [2.24, 2.45) is 0 Å². The van der Waals surface area contributed by atoms with Crippen LogP contribution < -0.4 is 0 Å². The Labute approximate surface area is 115 Å². The van der Waals surface area contributed by atoms with E-state index in [1.54, 1.807) is 0 Å². The minimum Gasteiger partial charge on any atom is -0.258 e. The lowest BCUT2D eigenvalue weighted by Gasteiger charge is -2.03. The summed E-state index contributed by atoms with van der Waals surface area (Å²) in [6.07, 6.45) is -4.64. The van der Waals surface area contributed by atoms with Crippen molar-refractivity contribution in [2.75, 3.05) is 0 Å². The molecule has 5 nitrogen and oxygen atoms in total. The summed E-state index contributed by atoms with van der Waals surface area (Å²) < 4.78 is 39.0. The molecule has 0 saturated carbocycles. The number of benzene rings is 1. The first-order valence-electron chi connectivity index (χ1n) is 5.29. The molecule has 0 radical (unpaired) electrons. The molecular formula is C11H7ClF3N3O2. The standard InChI is InChI=1S/C11H7ClF3N3O2/c1-6-9(11(13,14)15)16-17(10(6)12)7-3-2-4-8(5-7)18(19)20/h2-5H,1H3. The molecule has 0 unspecified atom stereocenters. The minimum atomic E-state index is -4.64. The average Bonchev–Trinajstić information content (AvgIpc) is 2.66. The molecule has 0 aliphatic heterocycles. The molecule has 1 aromatic heterocycles. The minimum absolute atomic E-state index is 0.0859. The largest absolute Gasteiger partial charge is 0.435 e. The fourth-order valence-corrected chi connectivity index (χ4v) is 1.88. The SMILES string of the molecule is Cc1c(C(F)(F)F)nn(-c2cccc([N+](=O)[O-])c2)c1Cl. The van der Waals surface area contributed by atoms with Crippen molar-refractivity contribution >= 4 is 17.3 Å². The number of non-ortho nitro benzene ring substituents is 1. The van der Waals surface area contributed by atoms with Gasteiger partial charge in [0.25, 0.3) is 5.69 Å². The Morgan fingerprint density at radius 2 is 2.05 bits per heavy atom. The molecule has 0 spiro atoms. The fourth-order valence-electron chi connectivity index (χ4n) is 1.65. The lowest BCUT2D eigenvalue weighted by atomic mass is 10.2. The van der Waals surface area contributed by atoms with E-state index in [1.807, 2.05) is 0 Å². The molecule has 2 rings (SSSR count). The molecule has 9 heteroatoms. The second-order valence-electron chi connectivity index (χ2n) is 3.95. The van der Waals surface area contributed by atoms with E-state index in [0.717, 1.165) is 10.7 Å². The van der Waals surface area contributed by atoms with Crippen LogP contribution >= 0.6 is 11.6 Å². The maximum atomic E-state index is 12.7. The maximum Gasteiger partial charge on any atom is 0.435 e. The van der Waals surface area contributed by atoms with Crippen LogP contribution in [0.3, 0.4) is 0 Å². The van der Waals surface area contributed by atoms with Gasteiger partial charge in [-0.2, -0.15) is 18.3 Å². The molecule has 0 N–H and O–H groups in total. The van der Waals surface area contributed by atoms with Crippen molar-refractivity contribution in [2.45, 2.75) is 13.1 Å². The molecule has 0 amide bonds. The molecule has 0 aliphatic rings. The van der Waals surface area contributed by atoms with E-state index in [2.05, 4.69) is 5.10 Å². The van der Waals surface area contributed by atoms with Crippen LogP contribution in [0.25, 0.3) is 5.69 Å². The second-order valence-corrected chi connectivity index (χ2v) is 4.31. The van der Waals surface area contributed by atoms with Gasteiger partial charge in [-0.15, -0.1) is 0 Å². The van der Waals surface area contributed by atoms with Crippen molar-refractivity contribution in [3.05, 3.63) is 50.8 Å². The van der Waals surface area contributed by atoms with E-state index in [-0.39, 0.29) is 22.1 Å². The highest BCUT2D eigenvalue weighted by Crippen LogP contribution is 2.35. The van der Waals surface area contributed by atoms with Gasteiger partial charge in [-0.25, -0.2) is 4.68 Å². The number of hydrogen-bond acceptors (Lipinski definition) is 3. The van der Waals surface area contributed by atoms with Crippen LogP contribution in [0.4, 0.5) is 18.9 Å². The van der Waals surface area contributed by atoms with Crippen LogP contribution in [0.1, 0.15) is 11.3 Å². The van der Waals surface area contributed by atoms with Crippen LogP contribution in [0.15, 0.2) is 24.3 Å². The average molecular weight is 306 g/mol. The van der Waals surface area contributed by atoms with Gasteiger partial charge in [0.15, 0.2) is 5.69 Å². The third kappa shape index (κ3) is 2.46. The van der Waals surface area contributed by atoms with Gasteiger partial charge in [-0.1, -0.05) is 17.7 Å². The van der Waals surface area contributed by atoms with Gasteiger partial charge in [0, 0.05) is 17.7 Å². The van der Waals surface area contributed by atoms with Crippen LogP contribution in [0, 0.1) is 17.0 Å². The zero-order chi connectivity index (χ0) is 15.1. The number of nitro benzene ring substituents is 1. The van der Waals surface area contributed by atoms with Crippen molar-refractivity contribution in [3.8, 4) is 5.69 Å². The fraction of sp³-hybridized carbons (Fsp3) is 0.182. The molecule has 1 heterocycles. The Morgan fingerprint density at radius 3 is 2.55 bits per heavy atom. The Bertz CT molecular complexity index is 682. The summed E-state index contributed by atoms with van der Waals surface area (Å²) in [7, 11) is 0. The summed E-state index contributed by atoms with van der Waals surface area (Å²) >= 11 is 5.82. The quantitative estimate of drug-likeness (QED) is 0.627. The van der Waals surface area contributed by atoms with E-state index in [4.69, 9.17) is 11.6 Å². The number of alkyl halides is 3. The van der Waals surface area contributed by atoms with E-state index in [1.165, 1.54) is 25.1 Å². The lowest BCUT2D eigenvalue weighted by molar-refractivity contribution is -0.384. The Morgan fingerprint density at radius 1 is 1.40 bits per heavy atom. The molecule has 0 bridgehead atoms. The molecule has 106 valence electrons. The summed E-state index contributed by atoms with van der Waals surface area (Å²) in [6.45, 7) is 1.19. The van der Waals surface area contributed by atoms with E-state index in [9.17, 15) is 23.3 Å². The Balaban J connectivity index is 2.59. The molecule has 2 aromatic rings. The molecule has 0 fully saturated rings. The van der Waals surface area contributed by atoms with Crippen LogP contribution in [0.2, 0.25) is 5.15 Å².